The van der Waals surface area contributed by atoms with Crippen LogP contribution in [0.2, 0.25) is 0 Å². The molecule has 10 heteroatoms. The van der Waals surface area contributed by atoms with Gasteiger partial charge < -0.3 is 10.0 Å². The second kappa shape index (κ2) is 8.87. The molecular weight excluding hydrogens is 346 g/mol. The van der Waals surface area contributed by atoms with Gasteiger partial charge in [-0.25, -0.2) is 4.79 Å². The average molecular weight is 361 g/mol. The van der Waals surface area contributed by atoms with Crippen LogP contribution in [-0.2, 0) is 0 Å². The number of nitrogens with zero attached hydrogens (tertiary/aromatic N) is 3. The fourth-order valence-electron chi connectivity index (χ4n) is 1.87. The second-order valence-corrected chi connectivity index (χ2v) is 5.05. The van der Waals surface area contributed by atoms with E-state index in [0.29, 0.717) is 0 Å². The number of nitro benzene ring substituents is 2. The van der Waals surface area contributed by atoms with Gasteiger partial charge in [0.2, 0.25) is 0 Å². The van der Waals surface area contributed by atoms with Crippen molar-refractivity contribution < 1.29 is 24.5 Å². The lowest BCUT2D eigenvalue weighted by molar-refractivity contribution is -0.385. The molecule has 0 radical (unpaired) electrons. The van der Waals surface area contributed by atoms with Crippen LogP contribution in [0.3, 0.4) is 0 Å². The monoisotopic (exact) mass is 361 g/mol. The number of rotatable bonds is 4. The number of nitro groups is 2. The van der Waals surface area contributed by atoms with Gasteiger partial charge in [0.1, 0.15) is 11.1 Å². The molecule has 2 rings (SSSR count). The normalized spacial score (nSPS) is 9.46. The van der Waals surface area contributed by atoms with Gasteiger partial charge in [-0.2, -0.15) is 0 Å². The molecular formula is C16H15N3O7. The first-order valence-corrected chi connectivity index (χ1v) is 7.08. The molecule has 1 N–H and O–H groups in total. The van der Waals surface area contributed by atoms with Crippen LogP contribution in [0.15, 0.2) is 48.5 Å². The van der Waals surface area contributed by atoms with E-state index in [1.54, 1.807) is 20.2 Å². The molecule has 10 nitrogen and oxygen atoms in total. The summed E-state index contributed by atoms with van der Waals surface area (Å²) in [5.74, 6) is -1.65. The van der Waals surface area contributed by atoms with E-state index in [1.807, 2.05) is 0 Å². The Morgan fingerprint density at radius 3 is 1.58 bits per heavy atom. The molecule has 0 aliphatic carbocycles. The minimum atomic E-state index is -1.29. The standard InChI is InChI=1S/C9H10N2O3.C7H5NO4/c1-10(2)9(12)7-5-3-4-6-8(7)11(13)14;9-7(10)5-3-1-2-4-6(5)8(11)12/h3-6H,1-2H3;1-4H,(H,9,10). The molecule has 0 aliphatic rings. The topological polar surface area (TPSA) is 144 Å². The number of carboxylic acid groups (broad SMARTS) is 1. The van der Waals surface area contributed by atoms with Gasteiger partial charge in [0.25, 0.3) is 17.3 Å². The van der Waals surface area contributed by atoms with Gasteiger partial charge in [-0.3, -0.25) is 25.0 Å². The Hall–Kier alpha value is -3.82. The predicted octanol–water partition coefficient (Wildman–Crippen LogP) is 2.59. The Kier molecular flexibility index (Phi) is 6.90. The van der Waals surface area contributed by atoms with Crippen LogP contribution in [-0.4, -0.2) is 45.8 Å². The smallest absolute Gasteiger partial charge is 0.342 e. The summed E-state index contributed by atoms with van der Waals surface area (Å²) < 4.78 is 0. The molecule has 2 aromatic carbocycles. The molecule has 0 heterocycles. The Balaban J connectivity index is 0.000000263. The summed E-state index contributed by atoms with van der Waals surface area (Å²) in [6, 6.07) is 11.1. The summed E-state index contributed by atoms with van der Waals surface area (Å²) in [5, 5.41) is 29.4. The summed E-state index contributed by atoms with van der Waals surface area (Å²) in [6.07, 6.45) is 0. The highest BCUT2D eigenvalue weighted by atomic mass is 16.6. The van der Waals surface area contributed by atoms with Gasteiger partial charge in [0.15, 0.2) is 0 Å². The second-order valence-electron chi connectivity index (χ2n) is 5.05. The van der Waals surface area contributed by atoms with E-state index in [2.05, 4.69) is 0 Å². The van der Waals surface area contributed by atoms with Crippen molar-refractivity contribution in [2.75, 3.05) is 14.1 Å². The minimum Gasteiger partial charge on any atom is -0.477 e. The first kappa shape index (κ1) is 20.2. The minimum absolute atomic E-state index is 0.113. The highest BCUT2D eigenvalue weighted by molar-refractivity contribution is 5.97. The van der Waals surface area contributed by atoms with Gasteiger partial charge in [0.05, 0.1) is 9.85 Å². The number of benzene rings is 2. The fraction of sp³-hybridized carbons (Fsp3) is 0.125. The number of para-hydroxylation sites is 2. The summed E-state index contributed by atoms with van der Waals surface area (Å²) in [7, 11) is 3.11. The number of carbonyl (C=O) groups is 2. The Labute approximate surface area is 147 Å². The van der Waals surface area contributed by atoms with Crippen LogP contribution in [0, 0.1) is 20.2 Å². The van der Waals surface area contributed by atoms with Gasteiger partial charge in [-0.15, -0.1) is 0 Å². The zero-order chi connectivity index (χ0) is 19.9. The van der Waals surface area contributed by atoms with E-state index in [9.17, 15) is 29.8 Å². The highest BCUT2D eigenvalue weighted by Crippen LogP contribution is 2.18. The number of carboxylic acids is 1. The number of hydrogen-bond acceptors (Lipinski definition) is 6. The molecule has 0 aliphatic heterocycles. The van der Waals surface area contributed by atoms with Crippen molar-refractivity contribution in [3.63, 3.8) is 0 Å². The largest absolute Gasteiger partial charge is 0.477 e. The first-order chi connectivity index (χ1) is 12.2. The average Bonchev–Trinajstić information content (AvgIpc) is 2.61. The zero-order valence-corrected chi connectivity index (χ0v) is 13.9. The lowest BCUT2D eigenvalue weighted by atomic mass is 10.1. The lowest BCUT2D eigenvalue weighted by Gasteiger charge is -2.09. The number of hydrogen-bond donors (Lipinski definition) is 1. The van der Waals surface area contributed by atoms with Crippen LogP contribution in [0.5, 0.6) is 0 Å². The molecule has 0 unspecified atom stereocenters. The molecule has 0 saturated heterocycles. The number of aromatic carboxylic acids is 1. The highest BCUT2D eigenvalue weighted by Gasteiger charge is 2.20. The summed E-state index contributed by atoms with van der Waals surface area (Å²) in [5.41, 5.74) is -0.721. The molecule has 1 amide bonds. The molecule has 2 aromatic rings. The maximum atomic E-state index is 11.5. The van der Waals surface area contributed by atoms with Crippen molar-refractivity contribution in [1.82, 2.24) is 4.90 Å². The molecule has 0 aromatic heterocycles. The maximum absolute atomic E-state index is 11.5. The van der Waals surface area contributed by atoms with Gasteiger partial charge in [0, 0.05) is 26.2 Å². The summed E-state index contributed by atoms with van der Waals surface area (Å²) in [6.45, 7) is 0. The van der Waals surface area contributed by atoms with Crippen molar-refractivity contribution >= 4 is 23.3 Å². The van der Waals surface area contributed by atoms with Crippen molar-refractivity contribution in [2.24, 2.45) is 0 Å². The SMILES string of the molecule is CN(C)C(=O)c1ccccc1[N+](=O)[O-].O=C(O)c1ccccc1[N+](=O)[O-]. The van der Waals surface area contributed by atoms with Crippen LogP contribution < -0.4 is 0 Å². The maximum Gasteiger partial charge on any atom is 0.342 e. The molecule has 0 fully saturated rings. The zero-order valence-electron chi connectivity index (χ0n) is 13.9. The Morgan fingerprint density at radius 1 is 0.846 bits per heavy atom. The molecule has 0 atom stereocenters. The third-order valence-electron chi connectivity index (χ3n) is 3.07. The van der Waals surface area contributed by atoms with E-state index < -0.39 is 15.8 Å². The quantitative estimate of drug-likeness (QED) is 0.651. The van der Waals surface area contributed by atoms with Gasteiger partial charge in [-0.1, -0.05) is 24.3 Å². The molecule has 0 bridgehead atoms. The van der Waals surface area contributed by atoms with Crippen LogP contribution >= 0.6 is 0 Å². The van der Waals surface area contributed by atoms with Crippen molar-refractivity contribution in [3.05, 3.63) is 79.9 Å². The summed E-state index contributed by atoms with van der Waals surface area (Å²) in [4.78, 5) is 42.8. The van der Waals surface area contributed by atoms with Crippen LogP contribution in [0.4, 0.5) is 11.4 Å². The third kappa shape index (κ3) is 5.09. The number of amides is 1. The van der Waals surface area contributed by atoms with Crippen molar-refractivity contribution in [1.29, 1.82) is 0 Å². The molecule has 0 saturated carbocycles. The van der Waals surface area contributed by atoms with Crippen LogP contribution in [0.1, 0.15) is 20.7 Å². The van der Waals surface area contributed by atoms with Gasteiger partial charge in [-0.05, 0) is 12.1 Å². The Bertz CT molecular complexity index is 816. The van der Waals surface area contributed by atoms with Crippen LogP contribution in [0.25, 0.3) is 0 Å². The fourth-order valence-corrected chi connectivity index (χ4v) is 1.87. The lowest BCUT2D eigenvalue weighted by Crippen LogP contribution is -2.22. The third-order valence-corrected chi connectivity index (χ3v) is 3.07. The van der Waals surface area contributed by atoms with E-state index in [4.69, 9.17) is 5.11 Å². The van der Waals surface area contributed by atoms with E-state index in [0.717, 1.165) is 6.07 Å². The first-order valence-electron chi connectivity index (χ1n) is 7.08. The molecule has 26 heavy (non-hydrogen) atoms. The van der Waals surface area contributed by atoms with Crippen molar-refractivity contribution in [2.45, 2.75) is 0 Å². The number of carbonyl (C=O) groups excluding carboxylic acids is 1. The molecule has 136 valence electrons. The van der Waals surface area contributed by atoms with Gasteiger partial charge >= 0.3 is 5.97 Å². The predicted molar refractivity (Wildman–Crippen MR) is 91.2 cm³/mol. The van der Waals surface area contributed by atoms with E-state index in [1.165, 1.54) is 41.3 Å². The van der Waals surface area contributed by atoms with E-state index >= 15 is 0 Å². The summed E-state index contributed by atoms with van der Waals surface area (Å²) >= 11 is 0. The van der Waals surface area contributed by atoms with Crippen molar-refractivity contribution in [3.8, 4) is 0 Å². The van der Waals surface area contributed by atoms with E-state index in [-0.39, 0.29) is 28.4 Å². The Morgan fingerprint density at radius 2 is 1.23 bits per heavy atom. The molecule has 0 spiro atoms.